The first-order chi connectivity index (χ1) is 13.0. The number of rotatable bonds is 7. The van der Waals surface area contributed by atoms with E-state index >= 15 is 0 Å². The molecule has 0 aromatic heterocycles. The molecule has 7 nitrogen and oxygen atoms in total. The molecule has 2 rings (SSSR count). The van der Waals surface area contributed by atoms with Crippen LogP contribution in [0.5, 0.6) is 11.5 Å². The molecule has 0 aliphatic carbocycles. The summed E-state index contributed by atoms with van der Waals surface area (Å²) in [6.07, 6.45) is 5.91. The van der Waals surface area contributed by atoms with Crippen LogP contribution in [0.4, 0.5) is 0 Å². The van der Waals surface area contributed by atoms with Gasteiger partial charge in [0.15, 0.2) is 24.7 Å². The fraction of sp³-hybridized carbons (Fsp3) is 0.450. The summed E-state index contributed by atoms with van der Waals surface area (Å²) in [7, 11) is 1.49. The van der Waals surface area contributed by atoms with Gasteiger partial charge in [-0.1, -0.05) is 6.07 Å². The number of amides is 1. The van der Waals surface area contributed by atoms with E-state index < -0.39 is 5.97 Å². The third kappa shape index (κ3) is 6.03. The highest BCUT2D eigenvalue weighted by Crippen LogP contribution is 2.28. The number of benzene rings is 1. The fourth-order valence-electron chi connectivity index (χ4n) is 2.91. The molecule has 0 radical (unpaired) electrons. The zero-order chi connectivity index (χ0) is 19.6. The van der Waals surface area contributed by atoms with Gasteiger partial charge in [-0.25, -0.2) is 4.79 Å². The molecule has 0 spiro atoms. The molecule has 27 heavy (non-hydrogen) atoms. The maximum atomic E-state index is 12.2. The van der Waals surface area contributed by atoms with Gasteiger partial charge in [0.1, 0.15) is 6.07 Å². The van der Waals surface area contributed by atoms with Gasteiger partial charge in [-0.2, -0.15) is 5.26 Å². The van der Waals surface area contributed by atoms with E-state index in [-0.39, 0.29) is 25.2 Å². The van der Waals surface area contributed by atoms with Crippen molar-refractivity contribution in [3.63, 3.8) is 0 Å². The molecule has 1 amide bonds. The summed E-state index contributed by atoms with van der Waals surface area (Å²) < 4.78 is 15.5. The molecule has 1 aromatic rings. The zero-order valence-electron chi connectivity index (χ0n) is 15.6. The molecule has 1 heterocycles. The summed E-state index contributed by atoms with van der Waals surface area (Å²) in [6, 6.07) is 7.13. The summed E-state index contributed by atoms with van der Waals surface area (Å²) in [5, 5.41) is 8.57. The number of carbonyl (C=O) groups is 2. The Kier molecular flexibility index (Phi) is 7.68. The average molecular weight is 372 g/mol. The zero-order valence-corrected chi connectivity index (χ0v) is 15.6. The van der Waals surface area contributed by atoms with Crippen molar-refractivity contribution in [2.24, 2.45) is 0 Å². The van der Waals surface area contributed by atoms with Crippen molar-refractivity contribution >= 4 is 18.0 Å². The minimum atomic E-state index is -0.586. The van der Waals surface area contributed by atoms with E-state index in [1.54, 1.807) is 29.2 Å². The monoisotopic (exact) mass is 372 g/mol. The van der Waals surface area contributed by atoms with Gasteiger partial charge < -0.3 is 19.1 Å². The Bertz CT molecular complexity index is 738. The lowest BCUT2D eigenvalue weighted by Crippen LogP contribution is -2.44. The Hall–Kier alpha value is -3.01. The number of ether oxygens (including phenoxy) is 3. The molecule has 144 valence electrons. The van der Waals surface area contributed by atoms with Crippen molar-refractivity contribution < 1.29 is 23.8 Å². The van der Waals surface area contributed by atoms with Crippen molar-refractivity contribution in [1.29, 1.82) is 5.26 Å². The van der Waals surface area contributed by atoms with Gasteiger partial charge in [-0.05, 0) is 50.0 Å². The highest BCUT2D eigenvalue weighted by Gasteiger charge is 2.23. The molecular formula is C20H24N2O5. The van der Waals surface area contributed by atoms with E-state index in [9.17, 15) is 9.59 Å². The lowest BCUT2D eigenvalue weighted by atomic mass is 10.0. The number of carbonyl (C=O) groups excluding carboxylic acids is 2. The van der Waals surface area contributed by atoms with Crippen molar-refractivity contribution in [2.45, 2.75) is 32.2 Å². The van der Waals surface area contributed by atoms with Gasteiger partial charge in [0.25, 0.3) is 5.91 Å². The largest absolute Gasteiger partial charge is 0.493 e. The van der Waals surface area contributed by atoms with E-state index in [0.29, 0.717) is 23.6 Å². The molecule has 1 fully saturated rings. The van der Waals surface area contributed by atoms with Crippen LogP contribution < -0.4 is 9.47 Å². The smallest absolute Gasteiger partial charge is 0.331 e. The van der Waals surface area contributed by atoms with Crippen LogP contribution >= 0.6 is 0 Å². The minimum absolute atomic E-state index is 0.0818. The number of hydrogen-bond donors (Lipinski definition) is 0. The standard InChI is InChI=1S/C20H24N2O5/c1-15-5-3-4-11-22(15)19(23)14-27-20(24)9-7-16-6-8-17(26-12-10-21)18(13-16)25-2/h6-9,13,15H,3-5,11-12,14H2,1-2H3/b9-7+/t15-/m0/s1. The second-order valence-corrected chi connectivity index (χ2v) is 6.23. The van der Waals surface area contributed by atoms with Crippen LogP contribution in [0.25, 0.3) is 6.08 Å². The van der Waals surface area contributed by atoms with Crippen LogP contribution in [0.15, 0.2) is 24.3 Å². The number of hydrogen-bond acceptors (Lipinski definition) is 6. The lowest BCUT2D eigenvalue weighted by molar-refractivity contribution is -0.149. The highest BCUT2D eigenvalue weighted by molar-refractivity contribution is 5.89. The van der Waals surface area contributed by atoms with Crippen molar-refractivity contribution in [3.05, 3.63) is 29.8 Å². The lowest BCUT2D eigenvalue weighted by Gasteiger charge is -2.33. The van der Waals surface area contributed by atoms with Gasteiger partial charge in [-0.15, -0.1) is 0 Å². The van der Waals surface area contributed by atoms with E-state index in [2.05, 4.69) is 0 Å². The second kappa shape index (κ2) is 10.2. The third-order valence-corrected chi connectivity index (χ3v) is 4.35. The van der Waals surface area contributed by atoms with E-state index in [4.69, 9.17) is 19.5 Å². The van der Waals surface area contributed by atoms with Gasteiger partial charge in [0.2, 0.25) is 0 Å². The van der Waals surface area contributed by atoms with Gasteiger partial charge in [0.05, 0.1) is 7.11 Å². The number of nitriles is 1. The maximum absolute atomic E-state index is 12.2. The SMILES string of the molecule is COc1cc(/C=C/C(=O)OCC(=O)N2CCCC[C@@H]2C)ccc1OCC#N. The summed E-state index contributed by atoms with van der Waals surface area (Å²) >= 11 is 0. The highest BCUT2D eigenvalue weighted by atomic mass is 16.5. The minimum Gasteiger partial charge on any atom is -0.493 e. The molecule has 1 aliphatic rings. The Morgan fingerprint density at radius 1 is 1.33 bits per heavy atom. The van der Waals surface area contributed by atoms with Gasteiger partial charge in [-0.3, -0.25) is 4.79 Å². The third-order valence-electron chi connectivity index (χ3n) is 4.35. The van der Waals surface area contributed by atoms with Crippen molar-refractivity contribution in [3.8, 4) is 17.6 Å². The van der Waals surface area contributed by atoms with Crippen molar-refractivity contribution in [1.82, 2.24) is 4.90 Å². The van der Waals surface area contributed by atoms with Crippen LogP contribution in [0.1, 0.15) is 31.7 Å². The molecule has 0 unspecified atom stereocenters. The molecule has 1 atom stereocenters. The Morgan fingerprint density at radius 3 is 2.85 bits per heavy atom. The number of likely N-dealkylation sites (tertiary alicyclic amines) is 1. The fourth-order valence-corrected chi connectivity index (χ4v) is 2.91. The molecule has 0 saturated carbocycles. The van der Waals surface area contributed by atoms with E-state index in [1.807, 2.05) is 13.0 Å². The summed E-state index contributed by atoms with van der Waals surface area (Å²) in [5.74, 6) is 0.149. The molecular weight excluding hydrogens is 348 g/mol. The van der Waals surface area contributed by atoms with Crippen LogP contribution in [0.2, 0.25) is 0 Å². The topological polar surface area (TPSA) is 88.9 Å². The second-order valence-electron chi connectivity index (χ2n) is 6.23. The quantitative estimate of drug-likeness (QED) is 0.540. The van der Waals surface area contributed by atoms with Gasteiger partial charge in [0, 0.05) is 18.7 Å². The molecule has 7 heteroatoms. The van der Waals surface area contributed by atoms with Crippen LogP contribution in [-0.4, -0.2) is 49.7 Å². The van der Waals surface area contributed by atoms with Crippen LogP contribution in [0, 0.1) is 11.3 Å². The first-order valence-corrected chi connectivity index (χ1v) is 8.87. The predicted molar refractivity (Wildman–Crippen MR) is 99.1 cm³/mol. The van der Waals surface area contributed by atoms with Crippen LogP contribution in [0.3, 0.4) is 0 Å². The van der Waals surface area contributed by atoms with Crippen molar-refractivity contribution in [2.75, 3.05) is 26.9 Å². The van der Waals surface area contributed by atoms with Gasteiger partial charge >= 0.3 is 5.97 Å². The summed E-state index contributed by atoms with van der Waals surface area (Å²) in [6.45, 7) is 2.39. The molecule has 1 aliphatic heterocycles. The Morgan fingerprint density at radius 2 is 2.15 bits per heavy atom. The maximum Gasteiger partial charge on any atom is 0.331 e. The predicted octanol–water partition coefficient (Wildman–Crippen LogP) is 2.55. The average Bonchev–Trinajstić information content (AvgIpc) is 2.69. The Labute approximate surface area is 159 Å². The van der Waals surface area contributed by atoms with E-state index in [1.165, 1.54) is 13.2 Å². The molecule has 1 saturated heterocycles. The number of esters is 1. The van der Waals surface area contributed by atoms with Crippen LogP contribution in [-0.2, 0) is 14.3 Å². The first kappa shape index (κ1) is 20.3. The summed E-state index contributed by atoms with van der Waals surface area (Å²) in [4.78, 5) is 25.8. The van der Waals surface area contributed by atoms with E-state index in [0.717, 1.165) is 19.3 Å². The first-order valence-electron chi connectivity index (χ1n) is 8.87. The molecule has 0 bridgehead atoms. The number of nitrogens with zero attached hydrogens (tertiary/aromatic N) is 2. The number of piperidine rings is 1. The molecule has 0 N–H and O–H groups in total. The normalized spacial score (nSPS) is 16.6. The number of methoxy groups -OCH3 is 1. The molecule has 1 aromatic carbocycles. The summed E-state index contributed by atoms with van der Waals surface area (Å²) in [5.41, 5.74) is 0.698. The Balaban J connectivity index is 1.88.